The van der Waals surface area contributed by atoms with Crippen LogP contribution in [0.2, 0.25) is 0 Å². The first-order valence-corrected chi connectivity index (χ1v) is 10.9. The molecule has 1 N–H and O–H groups in total. The Hall–Kier alpha value is -3.16. The van der Waals surface area contributed by atoms with E-state index >= 15 is 0 Å². The molecule has 11 nitrogen and oxygen atoms in total. The molecule has 0 spiro atoms. The third kappa shape index (κ3) is 4.64. The van der Waals surface area contributed by atoms with Crippen molar-refractivity contribution in [2.45, 2.75) is 9.79 Å². The molecule has 0 heterocycles. The summed E-state index contributed by atoms with van der Waals surface area (Å²) in [6.45, 7) is -0.873. The van der Waals surface area contributed by atoms with E-state index in [9.17, 15) is 37.1 Å². The lowest BCUT2D eigenvalue weighted by Gasteiger charge is -2.11. The summed E-state index contributed by atoms with van der Waals surface area (Å²) in [5.41, 5.74) is -1.53. The Morgan fingerprint density at radius 1 is 0.862 bits per heavy atom. The van der Waals surface area contributed by atoms with Crippen molar-refractivity contribution in [2.75, 3.05) is 12.4 Å². The van der Waals surface area contributed by atoms with Crippen molar-refractivity contribution < 1.29 is 31.8 Å². The molecule has 0 radical (unpaired) electrons. The second-order valence-electron chi connectivity index (χ2n) is 5.57. The summed E-state index contributed by atoms with van der Waals surface area (Å²) in [4.78, 5) is 18.1. The van der Waals surface area contributed by atoms with Crippen LogP contribution >= 0.6 is 0 Å². The van der Waals surface area contributed by atoms with Crippen LogP contribution in [-0.2, 0) is 19.7 Å². The van der Waals surface area contributed by atoms with Crippen LogP contribution in [0, 0.1) is 20.2 Å². The molecule has 0 aliphatic heterocycles. The molecular formula is C16H14N2O9S2. The molecule has 2 aromatic carbocycles. The third-order valence-corrected chi connectivity index (χ3v) is 7.56. The Kier molecular flexibility index (Phi) is 6.46. The minimum atomic E-state index is -4.70. The number of rotatable bonds is 8. The minimum absolute atomic E-state index is 0.679. The summed E-state index contributed by atoms with van der Waals surface area (Å²) in [7, 11) is -9.25. The predicted molar refractivity (Wildman–Crippen MR) is 101 cm³/mol. The number of hydrogen-bond donors (Lipinski definition) is 1. The minimum Gasteiger partial charge on any atom is -0.392 e. The lowest BCUT2D eigenvalue weighted by molar-refractivity contribution is -0.388. The highest BCUT2D eigenvalue weighted by atomic mass is 32.2. The number of nitrogens with zero attached hydrogens (tertiary/aromatic N) is 2. The number of benzene rings is 2. The first-order valence-electron chi connectivity index (χ1n) is 7.77. The van der Waals surface area contributed by atoms with Gasteiger partial charge >= 0.3 is 0 Å². The molecular weight excluding hydrogens is 428 g/mol. The van der Waals surface area contributed by atoms with Crippen molar-refractivity contribution in [1.29, 1.82) is 0 Å². The van der Waals surface area contributed by atoms with E-state index in [1.165, 1.54) is 24.3 Å². The Balaban J connectivity index is 2.61. The van der Waals surface area contributed by atoms with Crippen LogP contribution in [0.3, 0.4) is 0 Å². The SMILES string of the molecule is O=[N+]([O-])c1ccccc1S(=O)(=O)CC(=CCO)S(=O)(=O)c1ccccc1[N+](=O)[O-]. The van der Waals surface area contributed by atoms with E-state index in [-0.39, 0.29) is 0 Å². The van der Waals surface area contributed by atoms with Gasteiger partial charge in [0.05, 0.1) is 27.1 Å². The molecule has 0 saturated carbocycles. The molecule has 0 saturated heterocycles. The summed E-state index contributed by atoms with van der Waals surface area (Å²) in [6.07, 6.45) is 0.679. The van der Waals surface area contributed by atoms with Crippen LogP contribution in [0.1, 0.15) is 0 Å². The van der Waals surface area contributed by atoms with Gasteiger partial charge in [0.15, 0.2) is 9.84 Å². The molecule has 0 aromatic heterocycles. The molecule has 29 heavy (non-hydrogen) atoms. The van der Waals surface area contributed by atoms with Crippen LogP contribution in [0.5, 0.6) is 0 Å². The van der Waals surface area contributed by atoms with Crippen LogP contribution in [0.15, 0.2) is 69.3 Å². The van der Waals surface area contributed by atoms with Crippen molar-refractivity contribution in [3.8, 4) is 0 Å². The second-order valence-corrected chi connectivity index (χ2v) is 9.49. The first kappa shape index (κ1) is 22.1. The second kappa shape index (κ2) is 8.46. The summed E-state index contributed by atoms with van der Waals surface area (Å²) in [6, 6.07) is 8.66. The van der Waals surface area contributed by atoms with Crippen LogP contribution < -0.4 is 0 Å². The zero-order valence-corrected chi connectivity index (χ0v) is 16.2. The lowest BCUT2D eigenvalue weighted by Crippen LogP contribution is -2.18. The maximum Gasteiger partial charge on any atom is 0.288 e. The first-order chi connectivity index (χ1) is 13.5. The predicted octanol–water partition coefficient (Wildman–Crippen LogP) is 1.63. The highest BCUT2D eigenvalue weighted by molar-refractivity contribution is 7.98. The zero-order valence-electron chi connectivity index (χ0n) is 14.5. The Morgan fingerprint density at radius 2 is 1.31 bits per heavy atom. The van der Waals surface area contributed by atoms with Gasteiger partial charge in [0, 0.05) is 12.1 Å². The monoisotopic (exact) mass is 442 g/mol. The van der Waals surface area contributed by atoms with E-state index in [1.807, 2.05) is 0 Å². The van der Waals surface area contributed by atoms with Gasteiger partial charge in [0.2, 0.25) is 9.84 Å². The van der Waals surface area contributed by atoms with Gasteiger partial charge in [-0.1, -0.05) is 24.3 Å². The van der Waals surface area contributed by atoms with Gasteiger partial charge in [-0.2, -0.15) is 0 Å². The van der Waals surface area contributed by atoms with Gasteiger partial charge in [-0.3, -0.25) is 20.2 Å². The van der Waals surface area contributed by atoms with Crippen molar-refractivity contribution in [3.05, 3.63) is 79.7 Å². The quantitative estimate of drug-likeness (QED) is 0.470. The summed E-state index contributed by atoms with van der Waals surface area (Å²) in [5, 5.41) is 31.4. The average molecular weight is 442 g/mol. The summed E-state index contributed by atoms with van der Waals surface area (Å²) in [5.74, 6) is -1.23. The van der Waals surface area contributed by atoms with Gasteiger partial charge in [-0.15, -0.1) is 0 Å². The van der Waals surface area contributed by atoms with Gasteiger partial charge in [0.1, 0.15) is 9.79 Å². The maximum atomic E-state index is 12.9. The smallest absolute Gasteiger partial charge is 0.288 e. The van der Waals surface area contributed by atoms with Gasteiger partial charge in [0.25, 0.3) is 11.4 Å². The molecule has 0 aliphatic rings. The third-order valence-electron chi connectivity index (χ3n) is 3.74. The molecule has 0 bridgehead atoms. The van der Waals surface area contributed by atoms with E-state index in [0.29, 0.717) is 6.08 Å². The lowest BCUT2D eigenvalue weighted by atomic mass is 10.3. The van der Waals surface area contributed by atoms with E-state index in [0.717, 1.165) is 24.3 Å². The standard InChI is InChI=1S/C16H14N2O9S2/c19-10-9-12(29(26,27)16-8-4-2-6-14(16)18(22)23)11-28(24,25)15-7-3-1-5-13(15)17(20)21/h1-9,19H,10-11H2. The zero-order chi connectivity index (χ0) is 21.8. The number of aliphatic hydroxyl groups excluding tert-OH is 1. The highest BCUT2D eigenvalue weighted by Gasteiger charge is 2.34. The fourth-order valence-electron chi connectivity index (χ4n) is 2.46. The molecule has 0 aliphatic carbocycles. The highest BCUT2D eigenvalue weighted by Crippen LogP contribution is 2.31. The summed E-state index contributed by atoms with van der Waals surface area (Å²) < 4.78 is 51.2. The molecule has 0 unspecified atom stereocenters. The van der Waals surface area contributed by atoms with Crippen LogP contribution in [0.4, 0.5) is 11.4 Å². The molecule has 0 amide bonds. The van der Waals surface area contributed by atoms with Crippen molar-refractivity contribution in [1.82, 2.24) is 0 Å². The number of para-hydroxylation sites is 2. The number of aliphatic hydroxyl groups is 1. The fourth-order valence-corrected chi connectivity index (χ4v) is 6.19. The number of hydrogen-bond acceptors (Lipinski definition) is 9. The summed E-state index contributed by atoms with van der Waals surface area (Å²) >= 11 is 0. The maximum absolute atomic E-state index is 12.9. The Bertz CT molecular complexity index is 1200. The molecule has 2 rings (SSSR count). The molecule has 2 aromatic rings. The van der Waals surface area contributed by atoms with Gasteiger partial charge in [-0.25, -0.2) is 16.8 Å². The Morgan fingerprint density at radius 3 is 1.79 bits per heavy atom. The van der Waals surface area contributed by atoms with Crippen molar-refractivity contribution in [2.24, 2.45) is 0 Å². The van der Waals surface area contributed by atoms with Crippen molar-refractivity contribution >= 4 is 31.0 Å². The van der Waals surface area contributed by atoms with Crippen LogP contribution in [-0.4, -0.2) is 44.1 Å². The number of nitro groups is 2. The van der Waals surface area contributed by atoms with E-state index < -0.39 is 68.0 Å². The topological polar surface area (TPSA) is 175 Å². The van der Waals surface area contributed by atoms with E-state index in [1.54, 1.807) is 0 Å². The van der Waals surface area contributed by atoms with Gasteiger partial charge < -0.3 is 5.11 Å². The normalized spacial score (nSPS) is 12.5. The van der Waals surface area contributed by atoms with E-state index in [4.69, 9.17) is 5.11 Å². The molecule has 13 heteroatoms. The molecule has 154 valence electrons. The fraction of sp³-hybridized carbons (Fsp3) is 0.125. The molecule has 0 fully saturated rings. The average Bonchev–Trinajstić information content (AvgIpc) is 2.67. The number of sulfone groups is 2. The largest absolute Gasteiger partial charge is 0.392 e. The molecule has 0 atom stereocenters. The van der Waals surface area contributed by atoms with Gasteiger partial charge in [-0.05, 0) is 18.2 Å². The Labute approximate surface area is 165 Å². The van der Waals surface area contributed by atoms with Crippen molar-refractivity contribution in [3.63, 3.8) is 0 Å². The van der Waals surface area contributed by atoms with E-state index in [2.05, 4.69) is 0 Å². The van der Waals surface area contributed by atoms with Crippen LogP contribution in [0.25, 0.3) is 0 Å². The number of nitro benzene ring substituents is 2.